The van der Waals surface area contributed by atoms with Crippen LogP contribution in [0.2, 0.25) is 0 Å². The number of para-hydroxylation sites is 1. The van der Waals surface area contributed by atoms with E-state index < -0.39 is 0 Å². The molecule has 2 nitrogen and oxygen atoms in total. The Morgan fingerprint density at radius 1 is 0.339 bits per heavy atom. The third kappa shape index (κ3) is 4.52. The second-order valence-corrected chi connectivity index (χ2v) is 16.7. The summed E-state index contributed by atoms with van der Waals surface area (Å²) in [6, 6.07) is 66.6. The molecule has 1 aliphatic rings. The van der Waals surface area contributed by atoms with E-state index >= 15 is 0 Å². The molecule has 0 saturated heterocycles. The fourth-order valence-electron chi connectivity index (χ4n) is 10.5. The minimum atomic E-state index is -0.0252. The summed E-state index contributed by atoms with van der Waals surface area (Å²) in [5.74, 6) is 0. The fraction of sp³-hybridized carbons (Fsp3) is 0.0526. The van der Waals surface area contributed by atoms with Crippen LogP contribution in [0.3, 0.4) is 0 Å². The molecule has 0 amide bonds. The number of benzene rings is 10. The van der Waals surface area contributed by atoms with E-state index in [1.807, 2.05) is 12.1 Å². The van der Waals surface area contributed by atoms with Crippen molar-refractivity contribution >= 4 is 76.2 Å². The van der Waals surface area contributed by atoms with Crippen molar-refractivity contribution in [3.63, 3.8) is 0 Å². The Morgan fingerprint density at radius 2 is 0.898 bits per heavy atom. The van der Waals surface area contributed by atoms with Gasteiger partial charge in [0.2, 0.25) is 0 Å². The first-order valence-corrected chi connectivity index (χ1v) is 20.5. The Labute approximate surface area is 340 Å². The molecular formula is C57H36O2. The fourth-order valence-corrected chi connectivity index (χ4v) is 10.5. The van der Waals surface area contributed by atoms with Crippen LogP contribution in [-0.2, 0) is 5.41 Å². The molecular weight excluding hydrogens is 717 g/mol. The lowest BCUT2D eigenvalue weighted by Crippen LogP contribution is -2.14. The molecule has 1 aliphatic carbocycles. The van der Waals surface area contributed by atoms with Crippen LogP contribution in [0.1, 0.15) is 25.0 Å². The molecule has 2 heteroatoms. The molecule has 276 valence electrons. The summed E-state index contributed by atoms with van der Waals surface area (Å²) in [6.45, 7) is 4.70. The van der Waals surface area contributed by atoms with Crippen LogP contribution in [0.4, 0.5) is 0 Å². The highest BCUT2D eigenvalue weighted by molar-refractivity contribution is 6.25. The van der Waals surface area contributed by atoms with Gasteiger partial charge in [0, 0.05) is 27.0 Å². The molecule has 0 atom stereocenters. The number of furan rings is 2. The zero-order chi connectivity index (χ0) is 39.0. The van der Waals surface area contributed by atoms with Gasteiger partial charge in [-0.3, -0.25) is 0 Å². The van der Waals surface area contributed by atoms with Crippen molar-refractivity contribution in [1.82, 2.24) is 0 Å². The average molecular weight is 753 g/mol. The van der Waals surface area contributed by atoms with Gasteiger partial charge in [-0.2, -0.15) is 0 Å². The van der Waals surface area contributed by atoms with E-state index in [9.17, 15) is 0 Å². The Hall–Kier alpha value is -7.42. The average Bonchev–Trinajstić information content (AvgIpc) is 3.93. The maximum atomic E-state index is 6.57. The zero-order valence-corrected chi connectivity index (χ0v) is 32.6. The number of rotatable bonds is 3. The highest BCUT2D eigenvalue weighted by Gasteiger charge is 2.35. The Kier molecular flexibility index (Phi) is 6.54. The van der Waals surface area contributed by atoms with E-state index in [-0.39, 0.29) is 5.41 Å². The molecule has 0 N–H and O–H groups in total. The van der Waals surface area contributed by atoms with Crippen LogP contribution in [0, 0.1) is 0 Å². The molecule has 0 saturated carbocycles. The summed E-state index contributed by atoms with van der Waals surface area (Å²) in [6.07, 6.45) is 0. The van der Waals surface area contributed by atoms with Crippen molar-refractivity contribution in [2.45, 2.75) is 19.3 Å². The van der Waals surface area contributed by atoms with Gasteiger partial charge < -0.3 is 8.83 Å². The van der Waals surface area contributed by atoms with Crippen molar-refractivity contribution in [2.24, 2.45) is 0 Å². The van der Waals surface area contributed by atoms with E-state index in [2.05, 4.69) is 184 Å². The topological polar surface area (TPSA) is 26.3 Å². The first kappa shape index (κ1) is 32.6. The van der Waals surface area contributed by atoms with Gasteiger partial charge in [0.1, 0.15) is 22.3 Å². The monoisotopic (exact) mass is 752 g/mol. The highest BCUT2D eigenvalue weighted by Crippen LogP contribution is 2.51. The van der Waals surface area contributed by atoms with Crippen LogP contribution in [-0.4, -0.2) is 0 Å². The van der Waals surface area contributed by atoms with E-state index in [4.69, 9.17) is 8.83 Å². The van der Waals surface area contributed by atoms with Crippen molar-refractivity contribution in [1.29, 1.82) is 0 Å². The van der Waals surface area contributed by atoms with Gasteiger partial charge in [-0.15, -0.1) is 0 Å². The number of hydrogen-bond donors (Lipinski definition) is 0. The minimum absolute atomic E-state index is 0.0252. The third-order valence-electron chi connectivity index (χ3n) is 13.3. The number of hydrogen-bond acceptors (Lipinski definition) is 2. The van der Waals surface area contributed by atoms with Crippen LogP contribution < -0.4 is 0 Å². The summed E-state index contributed by atoms with van der Waals surface area (Å²) in [4.78, 5) is 0. The summed E-state index contributed by atoms with van der Waals surface area (Å²) >= 11 is 0. The summed E-state index contributed by atoms with van der Waals surface area (Å²) < 4.78 is 13.0. The van der Waals surface area contributed by atoms with Crippen LogP contribution in [0.25, 0.3) is 121 Å². The zero-order valence-electron chi connectivity index (χ0n) is 32.6. The molecule has 0 spiro atoms. The molecule has 0 aliphatic heterocycles. The lowest BCUT2D eigenvalue weighted by Gasteiger charge is -2.22. The quantitative estimate of drug-likeness (QED) is 0.168. The first-order valence-electron chi connectivity index (χ1n) is 20.5. The summed E-state index contributed by atoms with van der Waals surface area (Å²) in [7, 11) is 0. The molecule has 0 fully saturated rings. The number of fused-ring (bicyclic) bond motifs is 14. The summed E-state index contributed by atoms with van der Waals surface area (Å²) in [5.41, 5.74) is 16.3. The van der Waals surface area contributed by atoms with Crippen molar-refractivity contribution in [3.8, 4) is 44.5 Å². The Balaban J connectivity index is 0.919. The van der Waals surface area contributed by atoms with Crippen molar-refractivity contribution in [2.75, 3.05) is 0 Å². The van der Waals surface area contributed by atoms with Gasteiger partial charge in [0.05, 0.1) is 5.39 Å². The molecule has 12 aromatic rings. The molecule has 0 radical (unpaired) electrons. The lowest BCUT2D eigenvalue weighted by molar-refractivity contribution is 0.660. The highest BCUT2D eigenvalue weighted by atomic mass is 16.3. The Bertz CT molecular complexity index is 3690. The van der Waals surface area contributed by atoms with Crippen LogP contribution in [0.5, 0.6) is 0 Å². The third-order valence-corrected chi connectivity index (χ3v) is 13.3. The van der Waals surface area contributed by atoms with Crippen molar-refractivity contribution in [3.05, 3.63) is 193 Å². The smallest absolute Gasteiger partial charge is 0.147 e. The van der Waals surface area contributed by atoms with Gasteiger partial charge in [-0.05, 0) is 125 Å². The van der Waals surface area contributed by atoms with Crippen LogP contribution in [0.15, 0.2) is 191 Å². The van der Waals surface area contributed by atoms with Gasteiger partial charge in [-0.1, -0.05) is 153 Å². The summed E-state index contributed by atoms with van der Waals surface area (Å²) in [5, 5.41) is 11.6. The van der Waals surface area contributed by atoms with Crippen LogP contribution >= 0.6 is 0 Å². The largest absolute Gasteiger partial charge is 0.455 e. The molecule has 2 heterocycles. The maximum Gasteiger partial charge on any atom is 0.147 e. The lowest BCUT2D eigenvalue weighted by atomic mass is 9.81. The first-order chi connectivity index (χ1) is 29.0. The molecule has 2 aromatic heterocycles. The van der Waals surface area contributed by atoms with E-state index in [0.29, 0.717) is 0 Å². The molecule has 13 rings (SSSR count). The SMILES string of the molecule is CC1(C)c2ccccc2-c2cc(-c3c4ccccc4c(-c4ccc(-c5ccc6c(ccc7c6oc6ccc8c9ccccc9oc8c67)c5)cc4)c4ccccc34)ccc21. The second-order valence-electron chi connectivity index (χ2n) is 16.7. The molecule has 0 unspecified atom stereocenters. The van der Waals surface area contributed by atoms with E-state index in [0.717, 1.165) is 54.6 Å². The van der Waals surface area contributed by atoms with Gasteiger partial charge in [0.25, 0.3) is 0 Å². The second kappa shape index (κ2) is 11.8. The minimum Gasteiger partial charge on any atom is -0.455 e. The Morgan fingerprint density at radius 3 is 1.66 bits per heavy atom. The van der Waals surface area contributed by atoms with Gasteiger partial charge in [0.15, 0.2) is 0 Å². The molecule has 0 bridgehead atoms. The normalized spacial score (nSPS) is 13.4. The predicted octanol–water partition coefficient (Wildman–Crippen LogP) is 16.3. The standard InChI is InChI=1S/C57H36O2/c1-57(2)48-17-9-7-11-39(48)47-32-37(25-29-49(47)57)53-43-15-5-3-13-41(43)52(42-14-4-6-16-44(42)53)34-21-19-33(20-22-34)35-23-26-38-36(31-35)24-27-46-54-51(59-55(38)46)30-28-45-40-12-8-10-18-50(40)58-56(45)54/h3-32H,1-2H3. The predicted molar refractivity (Wildman–Crippen MR) is 247 cm³/mol. The van der Waals surface area contributed by atoms with E-state index in [1.165, 1.54) is 77.2 Å². The van der Waals surface area contributed by atoms with Gasteiger partial charge in [-0.25, -0.2) is 0 Å². The maximum absolute atomic E-state index is 6.57. The van der Waals surface area contributed by atoms with Gasteiger partial charge >= 0.3 is 0 Å². The molecule has 59 heavy (non-hydrogen) atoms. The van der Waals surface area contributed by atoms with Crippen molar-refractivity contribution < 1.29 is 8.83 Å². The van der Waals surface area contributed by atoms with E-state index in [1.54, 1.807) is 0 Å². The molecule has 10 aromatic carbocycles.